The molecule has 9 heteroatoms. The molecule has 2 amide bonds. The Hall–Kier alpha value is -3.59. The van der Waals surface area contributed by atoms with Crippen LogP contribution < -0.4 is 10.6 Å². The second kappa shape index (κ2) is 11.4. The van der Waals surface area contributed by atoms with Gasteiger partial charge < -0.3 is 20.1 Å². The van der Waals surface area contributed by atoms with Gasteiger partial charge in [0.05, 0.1) is 18.8 Å². The van der Waals surface area contributed by atoms with Crippen LogP contribution in [-0.2, 0) is 15.7 Å². The van der Waals surface area contributed by atoms with Gasteiger partial charge in [-0.05, 0) is 66.9 Å². The van der Waals surface area contributed by atoms with Gasteiger partial charge in [-0.25, -0.2) is 4.79 Å². The first-order chi connectivity index (χ1) is 16.9. The summed E-state index contributed by atoms with van der Waals surface area (Å²) in [4.78, 5) is 24.1. The van der Waals surface area contributed by atoms with Gasteiger partial charge in [-0.2, -0.15) is 13.2 Å². The summed E-state index contributed by atoms with van der Waals surface area (Å²) in [6, 6.07) is 15.7. The molecule has 0 radical (unpaired) electrons. The number of carbonyl (C=O) groups excluding carboxylic acids is 2. The number of nitrogens with one attached hydrogen (secondary N) is 2. The first-order valence-corrected chi connectivity index (χ1v) is 11.5. The van der Waals surface area contributed by atoms with Crippen molar-refractivity contribution in [1.82, 2.24) is 10.6 Å². The topological polar surface area (TPSA) is 76.7 Å². The van der Waals surface area contributed by atoms with Crippen LogP contribution in [0.2, 0.25) is 0 Å². The first kappa shape index (κ1) is 27.0. The molecule has 2 N–H and O–H groups in total. The lowest BCUT2D eigenvalue weighted by Crippen LogP contribution is -2.34. The van der Waals surface area contributed by atoms with Crippen molar-refractivity contribution in [3.05, 3.63) is 71.8 Å². The normalized spacial score (nSPS) is 11.8. The lowest BCUT2D eigenvalue weighted by molar-refractivity contribution is -0.137. The smallest absolute Gasteiger partial charge is 0.416 e. The van der Waals surface area contributed by atoms with Crippen LogP contribution in [0.3, 0.4) is 0 Å². The number of fused-ring (bicyclic) bond motifs is 1. The minimum Gasteiger partial charge on any atom is -0.444 e. The Morgan fingerprint density at radius 1 is 0.861 bits per heavy atom. The largest absolute Gasteiger partial charge is 0.444 e. The van der Waals surface area contributed by atoms with E-state index in [0.29, 0.717) is 11.1 Å². The molecule has 3 aromatic rings. The number of amides is 2. The van der Waals surface area contributed by atoms with Crippen molar-refractivity contribution < 1.29 is 32.2 Å². The molecule has 3 aromatic carbocycles. The number of carbonyl (C=O) groups is 2. The van der Waals surface area contributed by atoms with Crippen molar-refractivity contribution in [2.24, 2.45) is 0 Å². The molecule has 0 aliphatic rings. The van der Waals surface area contributed by atoms with E-state index in [1.54, 1.807) is 45.0 Å². The molecule has 3 rings (SSSR count). The summed E-state index contributed by atoms with van der Waals surface area (Å²) in [6.07, 6.45) is -4.90. The number of alkyl halides is 3. The van der Waals surface area contributed by atoms with Crippen LogP contribution in [0.4, 0.5) is 18.0 Å². The molecule has 192 valence electrons. The van der Waals surface area contributed by atoms with E-state index in [1.165, 1.54) is 12.1 Å². The van der Waals surface area contributed by atoms with Crippen LogP contribution in [0, 0.1) is 0 Å². The van der Waals surface area contributed by atoms with Gasteiger partial charge in [0.2, 0.25) is 0 Å². The van der Waals surface area contributed by atoms with Crippen molar-refractivity contribution in [2.75, 3.05) is 26.3 Å². The highest BCUT2D eigenvalue weighted by Gasteiger charge is 2.30. The van der Waals surface area contributed by atoms with Crippen LogP contribution in [-0.4, -0.2) is 43.9 Å². The summed E-state index contributed by atoms with van der Waals surface area (Å²) >= 11 is 0. The van der Waals surface area contributed by atoms with Crippen molar-refractivity contribution in [1.29, 1.82) is 0 Å². The average molecular weight is 503 g/mol. The highest BCUT2D eigenvalue weighted by atomic mass is 19.4. The molecular weight excluding hydrogens is 473 g/mol. The van der Waals surface area contributed by atoms with Crippen LogP contribution in [0.1, 0.15) is 36.7 Å². The van der Waals surface area contributed by atoms with Crippen LogP contribution in [0.25, 0.3) is 21.9 Å². The summed E-state index contributed by atoms with van der Waals surface area (Å²) in [7, 11) is 0. The summed E-state index contributed by atoms with van der Waals surface area (Å²) in [6.45, 7) is 6.45. The lowest BCUT2D eigenvalue weighted by atomic mass is 9.96. The van der Waals surface area contributed by atoms with Crippen LogP contribution in [0.15, 0.2) is 60.7 Å². The van der Waals surface area contributed by atoms with E-state index < -0.39 is 23.4 Å². The Labute approximate surface area is 207 Å². The van der Waals surface area contributed by atoms with Gasteiger partial charge in [-0.3, -0.25) is 4.79 Å². The molecule has 0 aliphatic heterocycles. The molecular formula is C27H29F3N2O4. The SMILES string of the molecule is CC(C)(C)OC(=O)NCCOCCNC(=O)c1ccc2c(-c3ccc(C(F)(F)F)cc3)cccc2c1. The van der Waals surface area contributed by atoms with Crippen LogP contribution in [0.5, 0.6) is 0 Å². The summed E-state index contributed by atoms with van der Waals surface area (Å²) in [5.41, 5.74) is 0.625. The maximum absolute atomic E-state index is 12.9. The fourth-order valence-electron chi connectivity index (χ4n) is 3.50. The van der Waals surface area contributed by atoms with E-state index in [0.717, 1.165) is 28.5 Å². The minimum absolute atomic E-state index is 0.271. The predicted molar refractivity (Wildman–Crippen MR) is 132 cm³/mol. The third-order valence-corrected chi connectivity index (χ3v) is 5.11. The zero-order valence-corrected chi connectivity index (χ0v) is 20.4. The Morgan fingerprint density at radius 2 is 1.53 bits per heavy atom. The average Bonchev–Trinajstić information content (AvgIpc) is 2.81. The molecule has 0 saturated carbocycles. The van der Waals surface area contributed by atoms with Gasteiger partial charge in [0.25, 0.3) is 5.91 Å². The molecule has 0 aliphatic carbocycles. The fourth-order valence-corrected chi connectivity index (χ4v) is 3.50. The van der Waals surface area contributed by atoms with E-state index >= 15 is 0 Å². The standard InChI is InChI=1S/C27H29F3N2O4/c1-26(2,3)36-25(34)32-14-16-35-15-13-31-24(33)20-9-12-23-19(17-20)5-4-6-22(23)18-7-10-21(11-8-18)27(28,29)30/h4-12,17H,13-16H2,1-3H3,(H,31,33)(H,32,34). The second-order valence-corrected chi connectivity index (χ2v) is 9.11. The van der Waals surface area contributed by atoms with E-state index in [9.17, 15) is 22.8 Å². The van der Waals surface area contributed by atoms with E-state index in [-0.39, 0.29) is 32.2 Å². The summed E-state index contributed by atoms with van der Waals surface area (Å²) in [5, 5.41) is 6.99. The Kier molecular flexibility index (Phi) is 8.57. The van der Waals surface area contributed by atoms with Crippen molar-refractivity contribution in [3.8, 4) is 11.1 Å². The molecule has 0 spiro atoms. The number of hydrogen-bond acceptors (Lipinski definition) is 4. The Bertz CT molecular complexity index is 1200. The number of hydrogen-bond donors (Lipinski definition) is 2. The lowest BCUT2D eigenvalue weighted by Gasteiger charge is -2.19. The number of rotatable bonds is 8. The van der Waals surface area contributed by atoms with Crippen molar-refractivity contribution >= 4 is 22.8 Å². The number of ether oxygens (including phenoxy) is 2. The number of benzene rings is 3. The molecule has 6 nitrogen and oxygen atoms in total. The molecule has 0 unspecified atom stereocenters. The molecule has 0 atom stereocenters. The third kappa shape index (κ3) is 7.71. The van der Waals surface area contributed by atoms with Crippen molar-refractivity contribution in [3.63, 3.8) is 0 Å². The third-order valence-electron chi connectivity index (χ3n) is 5.11. The predicted octanol–water partition coefficient (Wildman–Crippen LogP) is 5.80. The quantitative estimate of drug-likeness (QED) is 0.382. The maximum Gasteiger partial charge on any atom is 0.416 e. The molecule has 0 bridgehead atoms. The maximum atomic E-state index is 12.9. The van der Waals surface area contributed by atoms with Crippen molar-refractivity contribution in [2.45, 2.75) is 32.5 Å². The number of alkyl carbamates (subject to hydrolysis) is 1. The molecule has 0 saturated heterocycles. The highest BCUT2D eigenvalue weighted by Crippen LogP contribution is 2.33. The van der Waals surface area contributed by atoms with E-state index in [4.69, 9.17) is 9.47 Å². The van der Waals surface area contributed by atoms with E-state index in [1.807, 2.05) is 12.1 Å². The van der Waals surface area contributed by atoms with Gasteiger partial charge in [0.15, 0.2) is 0 Å². The molecule has 0 aromatic heterocycles. The Morgan fingerprint density at radius 3 is 2.17 bits per heavy atom. The second-order valence-electron chi connectivity index (χ2n) is 9.11. The zero-order chi connectivity index (χ0) is 26.3. The zero-order valence-electron chi connectivity index (χ0n) is 20.4. The van der Waals surface area contributed by atoms with Crippen LogP contribution >= 0.6 is 0 Å². The molecule has 0 heterocycles. The fraction of sp³-hybridized carbons (Fsp3) is 0.333. The minimum atomic E-state index is -4.39. The summed E-state index contributed by atoms with van der Waals surface area (Å²) < 4.78 is 49.2. The first-order valence-electron chi connectivity index (χ1n) is 11.5. The van der Waals surface area contributed by atoms with Gasteiger partial charge >= 0.3 is 12.3 Å². The van der Waals surface area contributed by atoms with Gasteiger partial charge in [0.1, 0.15) is 5.60 Å². The van der Waals surface area contributed by atoms with Gasteiger partial charge in [-0.15, -0.1) is 0 Å². The Balaban J connectivity index is 1.52. The molecule has 0 fully saturated rings. The van der Waals surface area contributed by atoms with Gasteiger partial charge in [0, 0.05) is 18.7 Å². The van der Waals surface area contributed by atoms with E-state index in [2.05, 4.69) is 10.6 Å². The van der Waals surface area contributed by atoms with Gasteiger partial charge in [-0.1, -0.05) is 36.4 Å². The summed E-state index contributed by atoms with van der Waals surface area (Å²) in [5.74, 6) is -0.271. The molecule has 36 heavy (non-hydrogen) atoms. The number of halogens is 3. The monoisotopic (exact) mass is 502 g/mol. The highest BCUT2D eigenvalue weighted by molar-refractivity contribution is 6.02.